The largest absolute Gasteiger partial charge is 0.375 e. The van der Waals surface area contributed by atoms with Crippen molar-refractivity contribution in [2.45, 2.75) is 46.0 Å². The number of hydrogen-bond acceptors (Lipinski definition) is 5. The van der Waals surface area contributed by atoms with Crippen molar-refractivity contribution in [2.24, 2.45) is 11.3 Å². The van der Waals surface area contributed by atoms with Crippen molar-refractivity contribution in [3.8, 4) is 0 Å². The summed E-state index contributed by atoms with van der Waals surface area (Å²) < 4.78 is 10.4. The highest BCUT2D eigenvalue weighted by molar-refractivity contribution is 5.99. The topological polar surface area (TPSA) is 72.6 Å². The van der Waals surface area contributed by atoms with E-state index in [1.807, 2.05) is 4.90 Å². The van der Waals surface area contributed by atoms with Gasteiger partial charge in [0.25, 0.3) is 0 Å². The third-order valence-corrected chi connectivity index (χ3v) is 5.11. The number of likely N-dealkylation sites (tertiary alicyclic amines) is 1. The number of nitrogens with zero attached hydrogens (tertiary/aromatic N) is 2. The molecule has 0 spiro atoms. The number of rotatable bonds is 4. The quantitative estimate of drug-likeness (QED) is 0.844. The van der Waals surface area contributed by atoms with Crippen molar-refractivity contribution in [3.63, 3.8) is 0 Å². The Balaban J connectivity index is 1.62. The standard InChI is InChI=1S/C18H26N2O4/c1-18(2)9-13-17(14(21)10-18)15(24-19-13)8-12-4-6-20(7-5-12)16(22)11-23-3/h12H,4-11H2,1-3H3. The average Bonchev–Trinajstić information content (AvgIpc) is 2.89. The van der Waals surface area contributed by atoms with Crippen LogP contribution in [0.5, 0.6) is 0 Å². The summed E-state index contributed by atoms with van der Waals surface area (Å²) in [4.78, 5) is 26.2. The average molecular weight is 334 g/mol. The second kappa shape index (κ2) is 6.67. The van der Waals surface area contributed by atoms with Gasteiger partial charge in [0.1, 0.15) is 12.4 Å². The van der Waals surface area contributed by atoms with E-state index >= 15 is 0 Å². The van der Waals surface area contributed by atoms with E-state index in [9.17, 15) is 9.59 Å². The third kappa shape index (κ3) is 3.53. The Morgan fingerprint density at radius 3 is 2.71 bits per heavy atom. The number of Topliss-reactive ketones (excluding diaryl/α,β-unsaturated/α-hetero) is 1. The minimum absolute atomic E-state index is 0.0364. The number of carbonyl (C=O) groups is 2. The number of aromatic nitrogens is 1. The van der Waals surface area contributed by atoms with Gasteiger partial charge in [-0.1, -0.05) is 19.0 Å². The zero-order valence-corrected chi connectivity index (χ0v) is 14.8. The van der Waals surface area contributed by atoms with Gasteiger partial charge in [-0.15, -0.1) is 0 Å². The molecule has 1 aromatic heterocycles. The van der Waals surface area contributed by atoms with Crippen LogP contribution in [0.1, 0.15) is 54.9 Å². The zero-order valence-electron chi connectivity index (χ0n) is 14.8. The number of ketones is 1. The Morgan fingerprint density at radius 1 is 1.33 bits per heavy atom. The van der Waals surface area contributed by atoms with Gasteiger partial charge >= 0.3 is 0 Å². The minimum atomic E-state index is -0.0364. The van der Waals surface area contributed by atoms with Gasteiger partial charge in [-0.2, -0.15) is 0 Å². The molecule has 1 amide bonds. The second-order valence-electron chi connectivity index (χ2n) is 7.83. The summed E-state index contributed by atoms with van der Waals surface area (Å²) in [7, 11) is 1.54. The first-order valence-corrected chi connectivity index (χ1v) is 8.67. The van der Waals surface area contributed by atoms with Crippen molar-refractivity contribution < 1.29 is 18.8 Å². The maximum atomic E-state index is 12.5. The van der Waals surface area contributed by atoms with E-state index in [-0.39, 0.29) is 23.7 Å². The van der Waals surface area contributed by atoms with Crippen molar-refractivity contribution in [3.05, 3.63) is 17.0 Å². The van der Waals surface area contributed by atoms with Crippen molar-refractivity contribution in [1.29, 1.82) is 0 Å². The molecule has 0 atom stereocenters. The number of ether oxygens (including phenoxy) is 1. The fraction of sp³-hybridized carbons (Fsp3) is 0.722. The molecule has 0 saturated carbocycles. The van der Waals surface area contributed by atoms with Crippen LogP contribution in [0, 0.1) is 11.3 Å². The lowest BCUT2D eigenvalue weighted by atomic mass is 9.75. The fourth-order valence-corrected chi connectivity index (χ4v) is 3.84. The lowest BCUT2D eigenvalue weighted by Gasteiger charge is -2.32. The maximum absolute atomic E-state index is 12.5. The van der Waals surface area contributed by atoms with E-state index in [0.29, 0.717) is 12.3 Å². The van der Waals surface area contributed by atoms with Gasteiger partial charge in [0.05, 0.1) is 11.3 Å². The highest BCUT2D eigenvalue weighted by atomic mass is 16.5. The Morgan fingerprint density at radius 2 is 2.04 bits per heavy atom. The number of fused-ring (bicyclic) bond motifs is 1. The summed E-state index contributed by atoms with van der Waals surface area (Å²) in [6.07, 6.45) is 3.93. The predicted molar refractivity (Wildman–Crippen MR) is 87.8 cm³/mol. The summed E-state index contributed by atoms with van der Waals surface area (Å²) in [5.74, 6) is 1.37. The fourth-order valence-electron chi connectivity index (χ4n) is 3.84. The Kier molecular flexibility index (Phi) is 4.76. The molecule has 0 radical (unpaired) electrons. The molecule has 1 aromatic rings. The number of methoxy groups -OCH3 is 1. The van der Waals surface area contributed by atoms with Crippen LogP contribution in [0.2, 0.25) is 0 Å². The summed E-state index contributed by atoms with van der Waals surface area (Å²) in [6, 6.07) is 0. The molecule has 0 N–H and O–H groups in total. The van der Waals surface area contributed by atoms with Crippen LogP contribution >= 0.6 is 0 Å². The molecule has 132 valence electrons. The van der Waals surface area contributed by atoms with Crippen molar-refractivity contribution in [1.82, 2.24) is 10.1 Å². The normalized spacial score (nSPS) is 21.0. The Labute approximate surface area is 142 Å². The summed E-state index contributed by atoms with van der Waals surface area (Å²) in [6.45, 7) is 5.81. The van der Waals surface area contributed by atoms with E-state index < -0.39 is 0 Å². The van der Waals surface area contributed by atoms with Crippen molar-refractivity contribution >= 4 is 11.7 Å². The van der Waals surface area contributed by atoms with Gasteiger partial charge in [-0.05, 0) is 30.6 Å². The second-order valence-corrected chi connectivity index (χ2v) is 7.83. The van der Waals surface area contributed by atoms with Crippen LogP contribution < -0.4 is 0 Å². The van der Waals surface area contributed by atoms with E-state index in [4.69, 9.17) is 9.26 Å². The molecule has 3 rings (SSSR count). The first kappa shape index (κ1) is 17.1. The van der Waals surface area contributed by atoms with Gasteiger partial charge in [0.15, 0.2) is 5.78 Å². The first-order chi connectivity index (χ1) is 11.4. The molecular weight excluding hydrogens is 308 g/mol. The lowest BCUT2D eigenvalue weighted by Crippen LogP contribution is -2.40. The molecule has 1 saturated heterocycles. The molecule has 24 heavy (non-hydrogen) atoms. The van der Waals surface area contributed by atoms with E-state index in [1.165, 1.54) is 7.11 Å². The highest BCUT2D eigenvalue weighted by Crippen LogP contribution is 2.36. The van der Waals surface area contributed by atoms with Crippen LogP contribution in [0.25, 0.3) is 0 Å². The molecule has 2 heterocycles. The van der Waals surface area contributed by atoms with Crippen LogP contribution in [-0.4, -0.2) is 48.6 Å². The van der Waals surface area contributed by atoms with Gasteiger partial charge in [0.2, 0.25) is 5.91 Å². The van der Waals surface area contributed by atoms with Gasteiger partial charge in [0, 0.05) is 33.0 Å². The van der Waals surface area contributed by atoms with Crippen molar-refractivity contribution in [2.75, 3.05) is 26.8 Å². The number of amides is 1. The summed E-state index contributed by atoms with van der Waals surface area (Å²) >= 11 is 0. The molecule has 1 aliphatic carbocycles. The Hall–Kier alpha value is -1.69. The van der Waals surface area contributed by atoms with E-state index in [1.54, 1.807) is 0 Å². The van der Waals surface area contributed by atoms with Crippen LogP contribution in [0.3, 0.4) is 0 Å². The lowest BCUT2D eigenvalue weighted by molar-refractivity contribution is -0.136. The van der Waals surface area contributed by atoms with Crippen LogP contribution in [-0.2, 0) is 22.4 Å². The summed E-state index contributed by atoms with van der Waals surface area (Å²) in [5.41, 5.74) is 1.51. The predicted octanol–water partition coefficient (Wildman–Crippen LogP) is 2.26. The molecule has 6 heteroatoms. The number of carbonyl (C=O) groups excluding carboxylic acids is 2. The van der Waals surface area contributed by atoms with E-state index in [2.05, 4.69) is 19.0 Å². The highest BCUT2D eigenvalue weighted by Gasteiger charge is 2.36. The third-order valence-electron chi connectivity index (χ3n) is 5.11. The zero-order chi connectivity index (χ0) is 17.3. The number of hydrogen-bond donors (Lipinski definition) is 0. The van der Waals surface area contributed by atoms with Gasteiger partial charge in [-0.3, -0.25) is 9.59 Å². The number of piperidine rings is 1. The first-order valence-electron chi connectivity index (χ1n) is 8.67. The SMILES string of the molecule is COCC(=O)N1CCC(Cc2onc3c2C(=O)CC(C)(C)C3)CC1. The van der Waals surface area contributed by atoms with Crippen LogP contribution in [0.4, 0.5) is 0 Å². The summed E-state index contributed by atoms with van der Waals surface area (Å²) in [5, 5.41) is 4.16. The van der Waals surface area contributed by atoms with Gasteiger partial charge in [-0.25, -0.2) is 0 Å². The molecule has 2 aliphatic rings. The molecule has 1 aliphatic heterocycles. The van der Waals surface area contributed by atoms with Gasteiger partial charge < -0.3 is 14.2 Å². The molecular formula is C18H26N2O4. The van der Waals surface area contributed by atoms with E-state index in [0.717, 1.165) is 55.8 Å². The monoisotopic (exact) mass is 334 g/mol. The smallest absolute Gasteiger partial charge is 0.248 e. The molecule has 1 fully saturated rings. The minimum Gasteiger partial charge on any atom is -0.375 e. The maximum Gasteiger partial charge on any atom is 0.248 e. The van der Waals surface area contributed by atoms with Crippen LogP contribution in [0.15, 0.2) is 4.52 Å². The molecule has 0 bridgehead atoms. The Bertz CT molecular complexity index is 627. The molecule has 6 nitrogen and oxygen atoms in total. The molecule has 0 aromatic carbocycles. The molecule has 0 unspecified atom stereocenters.